The molecule has 0 aliphatic carbocycles. The molecule has 6 nitrogen and oxygen atoms in total. The highest BCUT2D eigenvalue weighted by Gasteiger charge is 2.03. The molecule has 0 atom stereocenters. The maximum atomic E-state index is 10.9. The van der Waals surface area contributed by atoms with E-state index in [2.05, 4.69) is 40.2 Å². The van der Waals surface area contributed by atoms with Crippen LogP contribution in [0.4, 0.5) is 0 Å². The number of unbranched alkanes of at least 4 members (excludes halogenated alkanes) is 7. The fourth-order valence-electron chi connectivity index (χ4n) is 1.96. The van der Waals surface area contributed by atoms with Crippen LogP contribution >= 0.6 is 31.9 Å². The van der Waals surface area contributed by atoms with Gasteiger partial charge >= 0.3 is 0 Å². The van der Waals surface area contributed by atoms with E-state index in [0.717, 1.165) is 72.8 Å². The number of hydrogen-bond donors (Lipinski definition) is 0. The fourth-order valence-corrected chi connectivity index (χ4v) is 3.63. The Kier molecular flexibility index (Phi) is 14.4. The van der Waals surface area contributed by atoms with Gasteiger partial charge in [0.1, 0.15) is 0 Å². The summed E-state index contributed by atoms with van der Waals surface area (Å²) in [4.78, 5) is 0. The largest absolute Gasteiger partial charge is 0.265 e. The molecule has 0 N–H and O–H groups in total. The fraction of sp³-hybridized carbons (Fsp3) is 0.750. The lowest BCUT2D eigenvalue weighted by molar-refractivity contribution is 0.358. The number of halogens is 2. The smallest absolute Gasteiger partial charge is 0.264 e. The standard InChI is InChI=1S/C16H28Br2O6S2/c1-25(19,20)23-13-15(17)11-9-7-5-3-4-6-8-10-12-16(18)14-24-26(2,21)22/h11-12H,3-10,13-14H2,1-2H3. The molecule has 154 valence electrons. The average Bonchev–Trinajstić information content (AvgIpc) is 2.51. The topological polar surface area (TPSA) is 86.7 Å². The lowest BCUT2D eigenvalue weighted by Gasteiger charge is -2.02. The Morgan fingerprint density at radius 1 is 0.692 bits per heavy atom. The van der Waals surface area contributed by atoms with Crippen molar-refractivity contribution in [1.82, 2.24) is 0 Å². The van der Waals surface area contributed by atoms with E-state index in [1.807, 2.05) is 12.2 Å². The Morgan fingerprint density at radius 2 is 1.00 bits per heavy atom. The lowest BCUT2D eigenvalue weighted by atomic mass is 10.1. The van der Waals surface area contributed by atoms with Gasteiger partial charge in [-0.1, -0.05) is 69.7 Å². The third kappa shape index (κ3) is 20.6. The minimum absolute atomic E-state index is 0.0527. The molecule has 26 heavy (non-hydrogen) atoms. The van der Waals surface area contributed by atoms with Gasteiger partial charge in [0.05, 0.1) is 25.7 Å². The van der Waals surface area contributed by atoms with Crippen LogP contribution in [0.15, 0.2) is 21.1 Å². The first kappa shape index (κ1) is 26.3. The van der Waals surface area contributed by atoms with E-state index in [0.29, 0.717) is 0 Å². The molecule has 0 aliphatic heterocycles. The van der Waals surface area contributed by atoms with Gasteiger partial charge in [-0.3, -0.25) is 8.37 Å². The highest BCUT2D eigenvalue weighted by molar-refractivity contribution is 9.12. The van der Waals surface area contributed by atoms with Crippen molar-refractivity contribution in [3.8, 4) is 0 Å². The zero-order valence-corrected chi connectivity index (χ0v) is 20.1. The summed E-state index contributed by atoms with van der Waals surface area (Å²) in [6.45, 7) is 0.105. The quantitative estimate of drug-likeness (QED) is 0.223. The summed E-state index contributed by atoms with van der Waals surface area (Å²) in [6, 6.07) is 0. The van der Waals surface area contributed by atoms with Crippen LogP contribution in [0, 0.1) is 0 Å². The van der Waals surface area contributed by atoms with Crippen molar-refractivity contribution in [1.29, 1.82) is 0 Å². The van der Waals surface area contributed by atoms with Gasteiger partial charge in [-0.25, -0.2) is 0 Å². The number of allylic oxidation sites excluding steroid dienone is 2. The van der Waals surface area contributed by atoms with E-state index in [1.165, 1.54) is 0 Å². The van der Waals surface area contributed by atoms with E-state index >= 15 is 0 Å². The van der Waals surface area contributed by atoms with Gasteiger partial charge in [-0.15, -0.1) is 0 Å². The van der Waals surface area contributed by atoms with Crippen molar-refractivity contribution >= 4 is 52.1 Å². The molecule has 10 heteroatoms. The molecule has 0 radical (unpaired) electrons. The van der Waals surface area contributed by atoms with Crippen LogP contribution in [0.1, 0.15) is 51.4 Å². The lowest BCUT2D eigenvalue weighted by Crippen LogP contribution is -2.03. The molecule has 0 aromatic carbocycles. The maximum Gasteiger partial charge on any atom is 0.264 e. The van der Waals surface area contributed by atoms with Crippen LogP contribution in [-0.2, 0) is 28.6 Å². The summed E-state index contributed by atoms with van der Waals surface area (Å²) in [5.74, 6) is 0. The first-order chi connectivity index (χ1) is 12.0. The van der Waals surface area contributed by atoms with Gasteiger partial charge in [-0.2, -0.15) is 16.8 Å². The van der Waals surface area contributed by atoms with Crippen molar-refractivity contribution in [2.75, 3.05) is 25.7 Å². The van der Waals surface area contributed by atoms with Gasteiger partial charge in [0.25, 0.3) is 20.2 Å². The molecule has 0 fully saturated rings. The Labute approximate surface area is 174 Å². The first-order valence-corrected chi connectivity index (χ1v) is 13.6. The van der Waals surface area contributed by atoms with Crippen molar-refractivity contribution in [3.63, 3.8) is 0 Å². The summed E-state index contributed by atoms with van der Waals surface area (Å²) >= 11 is 6.59. The molecule has 0 heterocycles. The number of hydrogen-bond acceptors (Lipinski definition) is 6. The van der Waals surface area contributed by atoms with Gasteiger partial charge in [-0.05, 0) is 25.7 Å². The molecule has 0 rings (SSSR count). The first-order valence-electron chi connectivity index (χ1n) is 8.37. The highest BCUT2D eigenvalue weighted by atomic mass is 79.9. The molecule has 0 aromatic heterocycles. The molecular formula is C16H28Br2O6S2. The maximum absolute atomic E-state index is 10.9. The van der Waals surface area contributed by atoms with E-state index < -0.39 is 20.2 Å². The van der Waals surface area contributed by atoms with Crippen molar-refractivity contribution in [2.24, 2.45) is 0 Å². The summed E-state index contributed by atoms with van der Waals surface area (Å²) in [7, 11) is -6.79. The molecule has 0 unspecified atom stereocenters. The van der Waals surface area contributed by atoms with E-state index in [9.17, 15) is 16.8 Å². The van der Waals surface area contributed by atoms with E-state index in [4.69, 9.17) is 0 Å². The third-order valence-corrected chi connectivity index (χ3v) is 5.41. The van der Waals surface area contributed by atoms with E-state index in [1.54, 1.807) is 0 Å². The average molecular weight is 540 g/mol. The molecule has 0 bridgehead atoms. The second-order valence-corrected chi connectivity index (χ2v) is 11.3. The Bertz CT molecular complexity index is 596. The summed E-state index contributed by atoms with van der Waals surface area (Å²) < 4.78 is 54.3. The SMILES string of the molecule is CS(=O)(=O)OCC(Br)=CCCCCCCCCC=C(Br)COS(C)(=O)=O. The van der Waals surface area contributed by atoms with Gasteiger partial charge in [0, 0.05) is 8.96 Å². The third-order valence-electron chi connectivity index (χ3n) is 3.21. The molecule has 0 saturated carbocycles. The van der Waals surface area contributed by atoms with Crippen LogP contribution in [0.2, 0.25) is 0 Å². The Morgan fingerprint density at radius 3 is 1.31 bits per heavy atom. The minimum Gasteiger partial charge on any atom is -0.265 e. The van der Waals surface area contributed by atoms with Crippen molar-refractivity contribution in [3.05, 3.63) is 21.1 Å². The molecule has 0 aromatic rings. The second-order valence-electron chi connectivity index (χ2n) is 5.93. The summed E-state index contributed by atoms with van der Waals surface area (Å²) in [5.41, 5.74) is 0. The Balaban J connectivity index is 3.59. The van der Waals surface area contributed by atoms with Crippen LogP contribution in [0.25, 0.3) is 0 Å². The minimum atomic E-state index is -3.40. The zero-order chi connectivity index (χ0) is 20.1. The predicted molar refractivity (Wildman–Crippen MR) is 113 cm³/mol. The molecular weight excluding hydrogens is 512 g/mol. The van der Waals surface area contributed by atoms with Crippen LogP contribution in [0.5, 0.6) is 0 Å². The van der Waals surface area contributed by atoms with Crippen molar-refractivity contribution in [2.45, 2.75) is 51.4 Å². The second kappa shape index (κ2) is 14.3. The zero-order valence-electron chi connectivity index (χ0n) is 15.2. The predicted octanol–water partition coefficient (Wildman–Crippen LogP) is 4.62. The summed E-state index contributed by atoms with van der Waals surface area (Å²) in [6.07, 6.45) is 14.4. The van der Waals surface area contributed by atoms with Crippen LogP contribution in [0.3, 0.4) is 0 Å². The van der Waals surface area contributed by atoms with Crippen molar-refractivity contribution < 1.29 is 25.2 Å². The van der Waals surface area contributed by atoms with Crippen LogP contribution < -0.4 is 0 Å². The highest BCUT2D eigenvalue weighted by Crippen LogP contribution is 2.14. The summed E-state index contributed by atoms with van der Waals surface area (Å²) in [5, 5.41) is 0. The van der Waals surface area contributed by atoms with Gasteiger partial charge < -0.3 is 0 Å². The molecule has 0 amide bonds. The number of rotatable bonds is 15. The molecule has 0 saturated heterocycles. The normalized spacial score (nSPS) is 14.0. The molecule has 0 aliphatic rings. The van der Waals surface area contributed by atoms with Gasteiger partial charge in [0.15, 0.2) is 0 Å². The van der Waals surface area contributed by atoms with Gasteiger partial charge in [0.2, 0.25) is 0 Å². The molecule has 0 spiro atoms. The van der Waals surface area contributed by atoms with E-state index in [-0.39, 0.29) is 13.2 Å². The Hall–Kier alpha value is 0.260. The van der Waals surface area contributed by atoms with Crippen LogP contribution in [-0.4, -0.2) is 42.6 Å². The monoisotopic (exact) mass is 538 g/mol.